The monoisotopic (exact) mass is 328 g/mol. The van der Waals surface area contributed by atoms with Gasteiger partial charge in [0.1, 0.15) is 17.6 Å². The van der Waals surface area contributed by atoms with Crippen molar-refractivity contribution >= 4 is 28.8 Å². The number of thiazole rings is 1. The molecule has 0 bridgehead atoms. The van der Waals surface area contributed by atoms with Gasteiger partial charge in [-0.1, -0.05) is 11.6 Å². The van der Waals surface area contributed by atoms with Crippen LogP contribution in [0.5, 0.6) is 6.01 Å². The maximum Gasteiger partial charge on any atom is 0.319 e. The van der Waals surface area contributed by atoms with Crippen LogP contribution >= 0.6 is 22.9 Å². The van der Waals surface area contributed by atoms with Gasteiger partial charge in [-0.15, -0.1) is 11.3 Å². The van der Waals surface area contributed by atoms with E-state index in [4.69, 9.17) is 21.4 Å². The van der Waals surface area contributed by atoms with Crippen LogP contribution in [0, 0.1) is 20.8 Å². The summed E-state index contributed by atoms with van der Waals surface area (Å²) in [4.78, 5) is 13.8. The van der Waals surface area contributed by atoms with Crippen LogP contribution in [0.2, 0.25) is 5.15 Å². The Morgan fingerprint density at radius 1 is 1.24 bits per heavy atom. The number of anilines is 1. The highest BCUT2D eigenvalue weighted by Crippen LogP contribution is 2.24. The molecule has 6 nitrogen and oxygen atoms in total. The van der Waals surface area contributed by atoms with Gasteiger partial charge >= 0.3 is 6.01 Å². The molecule has 0 saturated heterocycles. The summed E-state index contributed by atoms with van der Waals surface area (Å²) in [5, 5.41) is 13.4. The van der Waals surface area contributed by atoms with E-state index >= 15 is 0 Å². The van der Waals surface area contributed by atoms with Crippen molar-refractivity contribution in [3.8, 4) is 6.01 Å². The van der Waals surface area contributed by atoms with Crippen LogP contribution in [-0.2, 0) is 6.54 Å². The summed E-state index contributed by atoms with van der Waals surface area (Å²) in [6.45, 7) is 6.45. The minimum atomic E-state index is -0.100. The molecule has 2 rings (SSSR count). The predicted molar refractivity (Wildman–Crippen MR) is 83.3 cm³/mol. The molecule has 0 unspecified atom stereocenters. The van der Waals surface area contributed by atoms with E-state index in [-0.39, 0.29) is 19.2 Å². The Morgan fingerprint density at radius 3 is 2.62 bits per heavy atom. The highest BCUT2D eigenvalue weighted by molar-refractivity contribution is 7.11. The molecule has 0 atom stereocenters. The molecule has 2 N–H and O–H groups in total. The van der Waals surface area contributed by atoms with Crippen LogP contribution in [0.1, 0.15) is 21.1 Å². The van der Waals surface area contributed by atoms with Crippen molar-refractivity contribution in [2.45, 2.75) is 27.3 Å². The largest absolute Gasteiger partial charge is 0.461 e. The molecule has 0 aliphatic carbocycles. The molecular weight excluding hydrogens is 312 g/mol. The maximum absolute atomic E-state index is 8.77. The van der Waals surface area contributed by atoms with Crippen LogP contribution in [0.25, 0.3) is 0 Å². The number of rotatable bonds is 6. The molecule has 8 heteroatoms. The van der Waals surface area contributed by atoms with Crippen LogP contribution in [0.3, 0.4) is 0 Å². The smallest absolute Gasteiger partial charge is 0.319 e. The number of aliphatic hydroxyl groups is 1. The van der Waals surface area contributed by atoms with Gasteiger partial charge in [-0.3, -0.25) is 0 Å². The lowest BCUT2D eigenvalue weighted by Gasteiger charge is -2.11. The molecule has 2 aromatic heterocycles. The number of aliphatic hydroxyl groups excluding tert-OH is 1. The van der Waals surface area contributed by atoms with Gasteiger partial charge in [0.15, 0.2) is 0 Å². The first-order chi connectivity index (χ1) is 10.0. The molecule has 0 radical (unpaired) electrons. The van der Waals surface area contributed by atoms with Crippen molar-refractivity contribution < 1.29 is 9.84 Å². The van der Waals surface area contributed by atoms with Gasteiger partial charge in [0.05, 0.1) is 23.9 Å². The van der Waals surface area contributed by atoms with E-state index < -0.39 is 0 Å². The Bertz CT molecular complexity index is 633. The summed E-state index contributed by atoms with van der Waals surface area (Å²) >= 11 is 7.72. The molecule has 0 aliphatic rings. The van der Waals surface area contributed by atoms with Crippen LogP contribution in [-0.4, -0.2) is 33.3 Å². The third kappa shape index (κ3) is 4.03. The fraction of sp³-hybridized carbons (Fsp3) is 0.462. The van der Waals surface area contributed by atoms with Gasteiger partial charge in [-0.05, 0) is 20.8 Å². The summed E-state index contributed by atoms with van der Waals surface area (Å²) in [5.41, 5.74) is 1.77. The fourth-order valence-corrected chi connectivity index (χ4v) is 2.78. The van der Waals surface area contributed by atoms with E-state index in [1.54, 1.807) is 11.3 Å². The number of aryl methyl sites for hydroxylation is 2. The Kier molecular flexibility index (Phi) is 5.33. The van der Waals surface area contributed by atoms with Crippen molar-refractivity contribution in [1.29, 1.82) is 0 Å². The molecule has 0 aromatic carbocycles. The Labute approximate surface area is 132 Å². The van der Waals surface area contributed by atoms with E-state index in [9.17, 15) is 0 Å². The fourth-order valence-electron chi connectivity index (χ4n) is 1.75. The summed E-state index contributed by atoms with van der Waals surface area (Å²) in [7, 11) is 0. The van der Waals surface area contributed by atoms with E-state index in [1.165, 1.54) is 0 Å². The van der Waals surface area contributed by atoms with Gasteiger partial charge in [-0.2, -0.15) is 9.97 Å². The second kappa shape index (κ2) is 7.02. The van der Waals surface area contributed by atoms with E-state index in [0.717, 1.165) is 21.1 Å². The first-order valence-electron chi connectivity index (χ1n) is 6.46. The molecule has 0 aliphatic heterocycles. The Morgan fingerprint density at radius 2 is 2.00 bits per heavy atom. The van der Waals surface area contributed by atoms with Gasteiger partial charge in [0, 0.05) is 10.4 Å². The minimum absolute atomic E-state index is 0.100. The molecule has 2 heterocycles. The SMILES string of the molecule is Cc1nc(C)c(CNc2nc(OCCO)nc(Cl)c2C)s1. The number of halogens is 1. The van der Waals surface area contributed by atoms with Crippen molar-refractivity contribution in [3.05, 3.63) is 26.3 Å². The number of hydrogen-bond acceptors (Lipinski definition) is 7. The van der Waals surface area contributed by atoms with Crippen LogP contribution in [0.15, 0.2) is 0 Å². The second-order valence-corrected chi connectivity index (χ2v) is 6.08. The Balaban J connectivity index is 2.14. The zero-order chi connectivity index (χ0) is 15.4. The standard InChI is InChI=1S/C13H17ClN4O2S/c1-7-11(14)17-13(20-5-4-19)18-12(7)15-6-10-8(2)16-9(3)21-10/h19H,4-6H2,1-3H3,(H,15,17,18). The zero-order valence-corrected chi connectivity index (χ0v) is 13.7. The molecule has 0 saturated carbocycles. The number of aromatic nitrogens is 3. The highest BCUT2D eigenvalue weighted by Gasteiger charge is 2.11. The van der Waals surface area contributed by atoms with E-state index in [0.29, 0.717) is 17.5 Å². The topological polar surface area (TPSA) is 80.2 Å². The lowest BCUT2D eigenvalue weighted by molar-refractivity contribution is 0.191. The second-order valence-electron chi connectivity index (χ2n) is 4.44. The summed E-state index contributed by atoms with van der Waals surface area (Å²) in [6.07, 6.45) is 0. The lowest BCUT2D eigenvalue weighted by Crippen LogP contribution is -2.09. The van der Waals surface area contributed by atoms with Gasteiger partial charge in [-0.25, -0.2) is 4.98 Å². The zero-order valence-electron chi connectivity index (χ0n) is 12.1. The average Bonchev–Trinajstić information content (AvgIpc) is 2.76. The summed E-state index contributed by atoms with van der Waals surface area (Å²) in [6, 6.07) is 0.152. The Hall–Kier alpha value is -1.44. The quantitative estimate of drug-likeness (QED) is 0.793. The van der Waals surface area contributed by atoms with Gasteiger partial charge in [0.25, 0.3) is 0 Å². The van der Waals surface area contributed by atoms with Crippen LogP contribution in [0.4, 0.5) is 5.82 Å². The third-order valence-electron chi connectivity index (χ3n) is 2.80. The van der Waals surface area contributed by atoms with Crippen molar-refractivity contribution in [3.63, 3.8) is 0 Å². The first-order valence-corrected chi connectivity index (χ1v) is 7.65. The van der Waals surface area contributed by atoms with Gasteiger partial charge in [0.2, 0.25) is 0 Å². The number of hydrogen-bond donors (Lipinski definition) is 2. The molecule has 2 aromatic rings. The van der Waals surface area contributed by atoms with Gasteiger partial charge < -0.3 is 15.2 Å². The molecule has 114 valence electrons. The predicted octanol–water partition coefficient (Wildman–Crippen LogP) is 2.49. The van der Waals surface area contributed by atoms with E-state index in [1.807, 2.05) is 20.8 Å². The third-order valence-corrected chi connectivity index (χ3v) is 4.25. The number of nitrogens with one attached hydrogen (secondary N) is 1. The molecule has 0 amide bonds. The summed E-state index contributed by atoms with van der Waals surface area (Å²) in [5.74, 6) is 0.619. The van der Waals surface area contributed by atoms with Crippen molar-refractivity contribution in [2.24, 2.45) is 0 Å². The average molecular weight is 329 g/mol. The highest BCUT2D eigenvalue weighted by atomic mass is 35.5. The van der Waals surface area contributed by atoms with Crippen LogP contribution < -0.4 is 10.1 Å². The van der Waals surface area contributed by atoms with Crippen molar-refractivity contribution in [2.75, 3.05) is 18.5 Å². The summed E-state index contributed by atoms with van der Waals surface area (Å²) < 4.78 is 5.21. The molecule has 0 spiro atoms. The lowest BCUT2D eigenvalue weighted by atomic mass is 10.3. The minimum Gasteiger partial charge on any atom is -0.461 e. The number of nitrogens with zero attached hydrogens (tertiary/aromatic N) is 3. The first kappa shape index (κ1) is 15.9. The molecule has 21 heavy (non-hydrogen) atoms. The molecular formula is C13H17ClN4O2S. The normalized spacial score (nSPS) is 10.7. The van der Waals surface area contributed by atoms with Crippen molar-refractivity contribution in [1.82, 2.24) is 15.0 Å². The maximum atomic E-state index is 8.77. The molecule has 0 fully saturated rings. The number of ether oxygens (including phenoxy) is 1. The van der Waals surface area contributed by atoms with E-state index in [2.05, 4.69) is 20.3 Å².